The van der Waals surface area contributed by atoms with Crippen LogP contribution in [0.5, 0.6) is 0 Å². The van der Waals surface area contributed by atoms with Crippen molar-refractivity contribution in [1.82, 2.24) is 0 Å². The van der Waals surface area contributed by atoms with Crippen LogP contribution in [0.1, 0.15) is 30.5 Å². The monoisotopic (exact) mass is 244 g/mol. The van der Waals surface area contributed by atoms with Crippen LogP contribution in [0.2, 0.25) is 0 Å². The molecular weight excluding hydrogens is 227 g/mol. The van der Waals surface area contributed by atoms with E-state index in [0.29, 0.717) is 11.1 Å². The summed E-state index contributed by atoms with van der Waals surface area (Å²) in [5, 5.41) is 10.6. The first-order chi connectivity index (χ1) is 8.55. The summed E-state index contributed by atoms with van der Waals surface area (Å²) in [5.74, 6) is -0.385. The van der Waals surface area contributed by atoms with E-state index in [-0.39, 0.29) is 5.82 Å². The molecule has 0 aliphatic rings. The van der Waals surface area contributed by atoms with Crippen LogP contribution in [-0.2, 0) is 12.0 Å². The molecule has 0 spiro atoms. The molecule has 0 aliphatic heterocycles. The van der Waals surface area contributed by atoms with E-state index in [1.165, 1.54) is 6.07 Å². The molecule has 1 N–H and O–H groups in total. The second-order valence-electron chi connectivity index (χ2n) is 4.61. The quantitative estimate of drug-likeness (QED) is 0.874. The second-order valence-corrected chi connectivity index (χ2v) is 4.61. The molecule has 18 heavy (non-hydrogen) atoms. The molecule has 0 aliphatic carbocycles. The summed E-state index contributed by atoms with van der Waals surface area (Å²) in [6.07, 6.45) is 0.890. The Bertz CT molecular complexity index is 546. The van der Waals surface area contributed by atoms with Gasteiger partial charge in [0.15, 0.2) is 0 Å². The maximum atomic E-state index is 13.8. The molecule has 0 saturated heterocycles. The highest BCUT2D eigenvalue weighted by Gasteiger charge is 2.28. The number of benzene rings is 2. The van der Waals surface area contributed by atoms with Gasteiger partial charge in [-0.05, 0) is 30.5 Å². The lowest BCUT2D eigenvalue weighted by molar-refractivity contribution is 0.0979. The Hall–Kier alpha value is -1.67. The standard InChI is InChI=1S/C16H17FO/c1-3-12-7-6-8-13(11-12)16(2,18)14-9-4-5-10-15(14)17/h4-11,18H,3H2,1-2H3. The molecule has 2 aromatic carbocycles. The molecule has 0 bridgehead atoms. The van der Waals surface area contributed by atoms with Crippen molar-refractivity contribution in [2.45, 2.75) is 25.9 Å². The average molecular weight is 244 g/mol. The molecule has 1 unspecified atom stereocenters. The number of aliphatic hydroxyl groups is 1. The Morgan fingerprint density at radius 3 is 2.50 bits per heavy atom. The predicted molar refractivity (Wildman–Crippen MR) is 70.9 cm³/mol. The molecule has 0 fully saturated rings. The third kappa shape index (κ3) is 2.29. The third-order valence-electron chi connectivity index (χ3n) is 3.30. The summed E-state index contributed by atoms with van der Waals surface area (Å²) in [6.45, 7) is 3.68. The Kier molecular flexibility index (Phi) is 3.48. The molecule has 0 saturated carbocycles. The summed E-state index contributed by atoms with van der Waals surface area (Å²) >= 11 is 0. The zero-order valence-corrected chi connectivity index (χ0v) is 10.7. The number of hydrogen-bond donors (Lipinski definition) is 1. The van der Waals surface area contributed by atoms with Gasteiger partial charge in [-0.2, -0.15) is 0 Å². The van der Waals surface area contributed by atoms with Crippen molar-refractivity contribution in [3.05, 3.63) is 71.0 Å². The van der Waals surface area contributed by atoms with Crippen molar-refractivity contribution in [1.29, 1.82) is 0 Å². The lowest BCUT2D eigenvalue weighted by Gasteiger charge is -2.25. The average Bonchev–Trinajstić information content (AvgIpc) is 2.39. The second kappa shape index (κ2) is 4.91. The molecule has 0 heterocycles. The SMILES string of the molecule is CCc1cccc(C(C)(O)c2ccccc2F)c1. The lowest BCUT2D eigenvalue weighted by atomic mass is 9.87. The summed E-state index contributed by atoms with van der Waals surface area (Å²) in [4.78, 5) is 0. The van der Waals surface area contributed by atoms with Gasteiger partial charge in [-0.3, -0.25) is 0 Å². The Balaban J connectivity index is 2.50. The Morgan fingerprint density at radius 2 is 1.83 bits per heavy atom. The van der Waals surface area contributed by atoms with Crippen molar-refractivity contribution in [3.63, 3.8) is 0 Å². The smallest absolute Gasteiger partial charge is 0.129 e. The minimum Gasteiger partial charge on any atom is -0.381 e. The summed E-state index contributed by atoms with van der Waals surface area (Å²) in [5.41, 5.74) is 0.839. The molecule has 0 aromatic heterocycles. The number of rotatable bonds is 3. The molecule has 2 aromatic rings. The molecule has 2 heteroatoms. The Morgan fingerprint density at radius 1 is 1.11 bits per heavy atom. The van der Waals surface area contributed by atoms with Crippen molar-refractivity contribution in [2.75, 3.05) is 0 Å². The molecule has 94 valence electrons. The number of hydrogen-bond acceptors (Lipinski definition) is 1. The van der Waals surface area contributed by atoms with E-state index >= 15 is 0 Å². The van der Waals surface area contributed by atoms with E-state index in [0.717, 1.165) is 12.0 Å². The summed E-state index contributed by atoms with van der Waals surface area (Å²) in [6, 6.07) is 14.0. The van der Waals surface area contributed by atoms with Gasteiger partial charge in [-0.15, -0.1) is 0 Å². The molecule has 1 nitrogen and oxygen atoms in total. The van der Waals surface area contributed by atoms with Gasteiger partial charge in [0.25, 0.3) is 0 Å². The summed E-state index contributed by atoms with van der Waals surface area (Å²) in [7, 11) is 0. The van der Waals surface area contributed by atoms with Gasteiger partial charge in [0.05, 0.1) is 0 Å². The third-order valence-corrected chi connectivity index (χ3v) is 3.30. The van der Waals surface area contributed by atoms with Crippen LogP contribution in [0.15, 0.2) is 48.5 Å². The van der Waals surface area contributed by atoms with E-state index in [9.17, 15) is 9.50 Å². The van der Waals surface area contributed by atoms with Gasteiger partial charge >= 0.3 is 0 Å². The fourth-order valence-electron chi connectivity index (χ4n) is 2.11. The van der Waals surface area contributed by atoms with E-state index in [1.807, 2.05) is 24.3 Å². The van der Waals surface area contributed by atoms with Gasteiger partial charge < -0.3 is 5.11 Å². The molecule has 0 radical (unpaired) electrons. The molecule has 1 atom stereocenters. The van der Waals surface area contributed by atoms with E-state index in [4.69, 9.17) is 0 Å². The topological polar surface area (TPSA) is 20.2 Å². The van der Waals surface area contributed by atoms with Gasteiger partial charge in [-0.25, -0.2) is 4.39 Å². The van der Waals surface area contributed by atoms with Crippen molar-refractivity contribution in [2.24, 2.45) is 0 Å². The van der Waals surface area contributed by atoms with Crippen LogP contribution in [0.25, 0.3) is 0 Å². The molecule has 0 amide bonds. The zero-order chi connectivity index (χ0) is 13.2. The van der Waals surface area contributed by atoms with Gasteiger partial charge in [-0.1, -0.05) is 49.4 Å². The Labute approximate surface area is 107 Å². The zero-order valence-electron chi connectivity index (χ0n) is 10.7. The van der Waals surface area contributed by atoms with Gasteiger partial charge in [0, 0.05) is 5.56 Å². The number of halogens is 1. The van der Waals surface area contributed by atoms with Crippen LogP contribution < -0.4 is 0 Å². The fraction of sp³-hybridized carbons (Fsp3) is 0.250. The van der Waals surface area contributed by atoms with E-state index in [2.05, 4.69) is 6.92 Å². The fourth-order valence-corrected chi connectivity index (χ4v) is 2.11. The maximum absolute atomic E-state index is 13.8. The highest BCUT2D eigenvalue weighted by molar-refractivity contribution is 5.37. The molecular formula is C16H17FO. The first kappa shape index (κ1) is 12.8. The molecule has 2 rings (SSSR count). The van der Waals surface area contributed by atoms with E-state index < -0.39 is 5.60 Å². The lowest BCUT2D eigenvalue weighted by Crippen LogP contribution is -2.24. The largest absolute Gasteiger partial charge is 0.381 e. The van der Waals surface area contributed by atoms with Crippen LogP contribution >= 0.6 is 0 Å². The van der Waals surface area contributed by atoms with Crippen LogP contribution in [0.4, 0.5) is 4.39 Å². The van der Waals surface area contributed by atoms with Gasteiger partial charge in [0.1, 0.15) is 11.4 Å². The van der Waals surface area contributed by atoms with Crippen LogP contribution in [0.3, 0.4) is 0 Å². The van der Waals surface area contributed by atoms with Crippen molar-refractivity contribution < 1.29 is 9.50 Å². The first-order valence-electron chi connectivity index (χ1n) is 6.12. The van der Waals surface area contributed by atoms with Gasteiger partial charge in [0.2, 0.25) is 0 Å². The summed E-state index contributed by atoms with van der Waals surface area (Å²) < 4.78 is 13.8. The minimum absolute atomic E-state index is 0.304. The highest BCUT2D eigenvalue weighted by atomic mass is 19.1. The minimum atomic E-state index is -1.31. The van der Waals surface area contributed by atoms with Crippen molar-refractivity contribution >= 4 is 0 Å². The van der Waals surface area contributed by atoms with E-state index in [1.54, 1.807) is 25.1 Å². The normalized spacial score (nSPS) is 14.2. The number of aryl methyl sites for hydroxylation is 1. The predicted octanol–water partition coefficient (Wildman–Crippen LogP) is 3.64. The first-order valence-corrected chi connectivity index (χ1v) is 6.12. The maximum Gasteiger partial charge on any atom is 0.129 e. The highest BCUT2D eigenvalue weighted by Crippen LogP contribution is 2.31. The van der Waals surface area contributed by atoms with Crippen LogP contribution in [-0.4, -0.2) is 5.11 Å². The van der Waals surface area contributed by atoms with Crippen molar-refractivity contribution in [3.8, 4) is 0 Å². The van der Waals surface area contributed by atoms with Crippen LogP contribution in [0, 0.1) is 5.82 Å².